The van der Waals surface area contributed by atoms with Crippen molar-refractivity contribution in [2.75, 3.05) is 58.6 Å². The lowest BCUT2D eigenvalue weighted by atomic mass is 9.52. The molecule has 3 amide bonds. The largest absolute Gasteiger partial charge is 0.431 e. The molecule has 0 saturated carbocycles. The first-order chi connectivity index (χ1) is 38.5. The van der Waals surface area contributed by atoms with Crippen LogP contribution in [-0.4, -0.2) is 241 Å². The van der Waals surface area contributed by atoms with E-state index in [1.54, 1.807) is 81.0 Å². The number of ether oxygens (including phenoxy) is 8. The average Bonchev–Trinajstić information content (AvgIpc) is 1.87. The predicted octanol–water partition coefficient (Wildman–Crippen LogP) is 2.01. The Morgan fingerprint density at radius 2 is 1.02 bits per heavy atom. The Kier molecular flexibility index (Phi) is 18.9. The molecular weight excluding hydrogens is 1140 g/mol. The number of amides is 3. The number of rotatable bonds is 21. The van der Waals surface area contributed by atoms with Crippen molar-refractivity contribution in [2.45, 2.75) is 291 Å². The molecular formula is C61H109N3O21S. The molecule has 86 heavy (non-hydrogen) atoms. The van der Waals surface area contributed by atoms with Gasteiger partial charge in [0.1, 0.15) is 78.9 Å². The van der Waals surface area contributed by atoms with Crippen LogP contribution < -0.4 is 16.0 Å². The third-order valence-corrected chi connectivity index (χ3v) is 26.0. The fourth-order valence-electron chi connectivity index (χ4n) is 15.5. The van der Waals surface area contributed by atoms with Crippen LogP contribution in [0, 0.1) is 16.2 Å². The third-order valence-electron chi connectivity index (χ3n) is 24.5. The lowest BCUT2D eigenvalue weighted by molar-refractivity contribution is -0.416. The molecule has 6 heterocycles. The number of carbonyl (C=O) groups excluding carboxylic acids is 3. The summed E-state index contributed by atoms with van der Waals surface area (Å²) in [6, 6.07) is -0.134. The standard InChI is InChI=1S/C61H109N3O21S/c1-36(67)64-54(15)47(8,55(16,72)48(9,28-65)85-61(54,22)81-39(68)26-24-23-25-38-40-37(27-86-38)62-42(70)63-40)32-80-35-52(13)60(21,77)56(17,73)45(6,44(4,5)83-52)30-78-33-50(11)46(7,57(18,74)59(20,76)49(10,29-66)84-50)31-79-34-51(12)58(19,75)53(14,71)41(69)43(2,3)82-51/h37-38,40-41,65-66,69,71-77H,23-35H2,1-22H3,(H,64,67)(H2,62,63,70)/t37-,38?,40-,41+,45+,46?,47?,48?,49?,50-,51?,52+,53?,54?,55?,56?,57?,58?,59+,60?,61+/m0/s1. The highest BCUT2D eigenvalue weighted by molar-refractivity contribution is 8.00. The highest BCUT2D eigenvalue weighted by atomic mass is 32.2. The van der Waals surface area contributed by atoms with Gasteiger partial charge in [-0.1, -0.05) is 27.2 Å². The van der Waals surface area contributed by atoms with Crippen LogP contribution >= 0.6 is 11.8 Å². The highest BCUT2D eigenvalue weighted by Crippen LogP contribution is 2.63. The van der Waals surface area contributed by atoms with E-state index >= 15 is 0 Å². The van der Waals surface area contributed by atoms with E-state index in [0.717, 1.165) is 12.2 Å². The number of carbonyl (C=O) groups is 3. The zero-order valence-corrected chi connectivity index (χ0v) is 56.2. The lowest BCUT2D eigenvalue weighted by Gasteiger charge is -2.69. The summed E-state index contributed by atoms with van der Waals surface area (Å²) in [5.74, 6) is -2.51. The van der Waals surface area contributed by atoms with Crippen LogP contribution in [0.2, 0.25) is 0 Å². The first-order valence-corrected chi connectivity index (χ1v) is 31.2. The Morgan fingerprint density at radius 1 is 0.558 bits per heavy atom. The van der Waals surface area contributed by atoms with E-state index in [2.05, 4.69) is 16.0 Å². The molecule has 6 aliphatic rings. The van der Waals surface area contributed by atoms with Gasteiger partial charge in [0.05, 0.1) is 92.4 Å². The van der Waals surface area contributed by atoms with Gasteiger partial charge < -0.3 is 105 Å². The van der Waals surface area contributed by atoms with E-state index in [-0.39, 0.29) is 36.4 Å². The minimum Gasteiger partial charge on any atom is -0.431 e. The molecule has 0 aliphatic carbocycles. The fraction of sp³-hybridized carbons (Fsp3) is 0.951. The topological polar surface area (TPSA) is 363 Å². The van der Waals surface area contributed by atoms with Gasteiger partial charge in [0.15, 0.2) is 0 Å². The first-order valence-electron chi connectivity index (χ1n) is 30.2. The number of unbranched alkanes of at least 4 members (excludes halogenated alkanes) is 1. The van der Waals surface area contributed by atoms with E-state index in [1.165, 1.54) is 83.1 Å². The molecule has 13 unspecified atom stereocenters. The zero-order valence-electron chi connectivity index (χ0n) is 55.4. The predicted molar refractivity (Wildman–Crippen MR) is 317 cm³/mol. The van der Waals surface area contributed by atoms with Gasteiger partial charge in [0.2, 0.25) is 11.7 Å². The van der Waals surface area contributed by atoms with Gasteiger partial charge in [0, 0.05) is 31.3 Å². The molecule has 6 saturated heterocycles. The van der Waals surface area contributed by atoms with Crippen molar-refractivity contribution in [2.24, 2.45) is 16.2 Å². The highest BCUT2D eigenvalue weighted by Gasteiger charge is 2.79. The average molecular weight is 1250 g/mol. The molecule has 0 aromatic rings. The quantitative estimate of drug-likeness (QED) is 0.0444. The van der Waals surface area contributed by atoms with Gasteiger partial charge >= 0.3 is 12.0 Å². The molecule has 0 radical (unpaired) electrons. The van der Waals surface area contributed by atoms with Crippen molar-refractivity contribution in [3.05, 3.63) is 0 Å². The molecule has 500 valence electrons. The second-order valence-corrected chi connectivity index (χ2v) is 31.8. The number of thioether (sulfide) groups is 1. The number of nitrogens with one attached hydrogen (secondary N) is 3. The van der Waals surface area contributed by atoms with Crippen molar-refractivity contribution in [1.82, 2.24) is 16.0 Å². The summed E-state index contributed by atoms with van der Waals surface area (Å²) in [7, 11) is 0. The maximum Gasteiger partial charge on any atom is 0.315 e. The zero-order chi connectivity index (χ0) is 66.2. The molecule has 6 aliphatic heterocycles. The van der Waals surface area contributed by atoms with E-state index < -0.39 is 170 Å². The van der Waals surface area contributed by atoms with Crippen LogP contribution in [0.4, 0.5) is 4.79 Å². The smallest absolute Gasteiger partial charge is 0.315 e. The van der Waals surface area contributed by atoms with Crippen molar-refractivity contribution in [1.29, 1.82) is 0 Å². The Balaban J connectivity index is 1.24. The number of esters is 1. The lowest BCUT2D eigenvalue weighted by Crippen LogP contribution is -2.86. The van der Waals surface area contributed by atoms with Crippen molar-refractivity contribution >= 4 is 29.7 Å². The van der Waals surface area contributed by atoms with Crippen LogP contribution in [-0.2, 0) is 47.5 Å². The molecule has 6 fully saturated rings. The Morgan fingerprint density at radius 3 is 1.55 bits per heavy atom. The number of urea groups is 1. The number of aliphatic hydroxyl groups is 10. The summed E-state index contributed by atoms with van der Waals surface area (Å²) in [5.41, 5.74) is -33.2. The minimum absolute atomic E-state index is 0.000561. The number of aliphatic hydroxyl groups excluding tert-OH is 3. The van der Waals surface area contributed by atoms with Crippen molar-refractivity contribution in [3.8, 4) is 0 Å². The summed E-state index contributed by atoms with van der Waals surface area (Å²) < 4.78 is 52.4. The first kappa shape index (κ1) is 72.9. The summed E-state index contributed by atoms with van der Waals surface area (Å²) >= 11 is 1.76. The number of hydrogen-bond acceptors (Lipinski definition) is 22. The van der Waals surface area contributed by atoms with Crippen LogP contribution in [0.3, 0.4) is 0 Å². The molecule has 25 heteroatoms. The van der Waals surface area contributed by atoms with E-state index in [1.807, 2.05) is 0 Å². The summed E-state index contributed by atoms with van der Waals surface area (Å²) in [6.07, 6.45) is 0.280. The maximum absolute atomic E-state index is 13.9. The Labute approximate surface area is 513 Å². The summed E-state index contributed by atoms with van der Waals surface area (Å²) in [5, 5.41) is 129. The Hall–Kier alpha value is -2.12. The van der Waals surface area contributed by atoms with Gasteiger partial charge in [0.25, 0.3) is 0 Å². The SMILES string of the molecule is CC(=O)NC1(C)C(C)(COC[C@@]2(C)OC(C)(C)[C@@](C)(COC[C@]3(C)OC(C)(CO)[C@@](C)(O)C(C)(O)C3(C)COCC3(C)OC(C)(C)[C@@H](O)C(C)(O)C3(C)O)C(C)(O)C2(C)O)C(C)(O)C(C)(CO)O[C@@]1(C)OC(=O)CCCCC1SC[C@@H]2NC(=O)N[C@H]12. The Bertz CT molecular complexity index is 2550. The van der Waals surface area contributed by atoms with Gasteiger partial charge in [-0.2, -0.15) is 11.8 Å². The van der Waals surface area contributed by atoms with E-state index in [4.69, 9.17) is 37.9 Å². The minimum atomic E-state index is -2.21. The fourth-order valence-corrected chi connectivity index (χ4v) is 17.0. The van der Waals surface area contributed by atoms with Gasteiger partial charge in [-0.15, -0.1) is 0 Å². The van der Waals surface area contributed by atoms with Gasteiger partial charge in [-0.05, 0) is 131 Å². The second kappa shape index (κ2) is 22.3. The third kappa shape index (κ3) is 10.3. The summed E-state index contributed by atoms with van der Waals surface area (Å²) in [6.45, 7) is 29.0. The van der Waals surface area contributed by atoms with Crippen molar-refractivity contribution in [3.63, 3.8) is 0 Å². The molecule has 24 nitrogen and oxygen atoms in total. The number of hydrogen-bond donors (Lipinski definition) is 13. The molecule has 13 N–H and O–H groups in total. The number of fused-ring (bicyclic) bond motifs is 1. The van der Waals surface area contributed by atoms with Crippen LogP contribution in [0.25, 0.3) is 0 Å². The van der Waals surface area contributed by atoms with Gasteiger partial charge in [-0.3, -0.25) is 9.59 Å². The van der Waals surface area contributed by atoms with Crippen LogP contribution in [0.15, 0.2) is 0 Å². The monoisotopic (exact) mass is 1250 g/mol. The van der Waals surface area contributed by atoms with E-state index in [9.17, 15) is 65.4 Å². The molecule has 21 atom stereocenters. The molecule has 0 aromatic carbocycles. The van der Waals surface area contributed by atoms with E-state index in [0.29, 0.717) is 12.8 Å². The van der Waals surface area contributed by atoms with Crippen LogP contribution in [0.5, 0.6) is 0 Å². The van der Waals surface area contributed by atoms with Crippen LogP contribution in [0.1, 0.15) is 178 Å². The van der Waals surface area contributed by atoms with Gasteiger partial charge in [-0.25, -0.2) is 4.79 Å². The molecule has 0 spiro atoms. The molecule has 6 rings (SSSR count). The molecule has 0 bridgehead atoms. The maximum atomic E-state index is 13.9. The normalized spacial score (nSPS) is 51.6. The van der Waals surface area contributed by atoms with Crippen molar-refractivity contribution < 1.29 is 103 Å². The summed E-state index contributed by atoms with van der Waals surface area (Å²) in [4.78, 5) is 39.2. The molecule has 0 aromatic heterocycles. The second-order valence-electron chi connectivity index (χ2n) is 30.5.